The number of hydrogen-bond acceptors (Lipinski definition) is 1. The van der Waals surface area contributed by atoms with E-state index in [1.54, 1.807) is 0 Å². The number of nitrogens with one attached hydrogen (secondary N) is 1. The standard InChI is InChI=1S/C8H8ClNO.ClH/c9-6-8(11)10-7-4-2-1-3-5-7;/h1-5H,6H2,(H,10,11);1H. The van der Waals surface area contributed by atoms with Crippen molar-refractivity contribution in [2.24, 2.45) is 0 Å². The Bertz CT molecular complexity index is 238. The largest absolute Gasteiger partial charge is 0.325 e. The number of carbonyl (C=O) groups is 1. The van der Waals surface area contributed by atoms with Crippen LogP contribution in [0, 0.1) is 0 Å². The summed E-state index contributed by atoms with van der Waals surface area (Å²) in [5, 5.41) is 2.62. The second-order valence-electron chi connectivity index (χ2n) is 2.05. The lowest BCUT2D eigenvalue weighted by Crippen LogP contribution is -2.12. The second kappa shape index (κ2) is 5.86. The molecule has 0 unspecified atom stereocenters. The Hall–Kier alpha value is -0.730. The number of anilines is 1. The van der Waals surface area contributed by atoms with Crippen LogP contribution in [-0.4, -0.2) is 11.8 Å². The van der Waals surface area contributed by atoms with E-state index < -0.39 is 0 Å². The molecule has 0 aliphatic carbocycles. The predicted molar refractivity (Wildman–Crippen MR) is 53.0 cm³/mol. The van der Waals surface area contributed by atoms with Crippen molar-refractivity contribution in [2.45, 2.75) is 0 Å². The lowest BCUT2D eigenvalue weighted by Gasteiger charge is -2.00. The van der Waals surface area contributed by atoms with Gasteiger partial charge in [0.2, 0.25) is 5.91 Å². The van der Waals surface area contributed by atoms with Gasteiger partial charge < -0.3 is 5.32 Å². The molecule has 0 saturated carbocycles. The molecule has 0 radical (unpaired) electrons. The van der Waals surface area contributed by atoms with E-state index in [1.165, 1.54) is 0 Å². The van der Waals surface area contributed by atoms with Crippen molar-refractivity contribution >= 4 is 35.6 Å². The van der Waals surface area contributed by atoms with E-state index in [0.717, 1.165) is 5.69 Å². The van der Waals surface area contributed by atoms with Crippen LogP contribution in [0.2, 0.25) is 0 Å². The highest BCUT2D eigenvalue weighted by atomic mass is 35.5. The highest BCUT2D eigenvalue weighted by Crippen LogP contribution is 2.04. The molecule has 12 heavy (non-hydrogen) atoms. The Morgan fingerprint density at radius 3 is 2.42 bits per heavy atom. The van der Waals surface area contributed by atoms with Crippen molar-refractivity contribution < 1.29 is 4.79 Å². The molecule has 1 amide bonds. The van der Waals surface area contributed by atoms with E-state index in [9.17, 15) is 4.79 Å². The van der Waals surface area contributed by atoms with Gasteiger partial charge in [-0.15, -0.1) is 24.0 Å². The lowest BCUT2D eigenvalue weighted by molar-refractivity contribution is -0.113. The van der Waals surface area contributed by atoms with Gasteiger partial charge in [-0.05, 0) is 12.1 Å². The summed E-state index contributed by atoms with van der Waals surface area (Å²) in [6.45, 7) is 0. The minimum absolute atomic E-state index is 0. The predicted octanol–water partition coefficient (Wildman–Crippen LogP) is 2.29. The van der Waals surface area contributed by atoms with E-state index in [4.69, 9.17) is 11.6 Å². The maximum atomic E-state index is 10.7. The third kappa shape index (κ3) is 3.60. The Morgan fingerprint density at radius 2 is 1.92 bits per heavy atom. The topological polar surface area (TPSA) is 29.1 Å². The average Bonchev–Trinajstić information content (AvgIpc) is 2.06. The number of benzene rings is 1. The molecule has 66 valence electrons. The Balaban J connectivity index is 0.00000121. The molecule has 0 atom stereocenters. The van der Waals surface area contributed by atoms with Crippen LogP contribution >= 0.6 is 24.0 Å². The number of rotatable bonds is 2. The number of alkyl halides is 1. The zero-order valence-corrected chi connectivity index (χ0v) is 7.86. The van der Waals surface area contributed by atoms with Crippen LogP contribution in [0.5, 0.6) is 0 Å². The quantitative estimate of drug-likeness (QED) is 0.739. The summed E-state index contributed by atoms with van der Waals surface area (Å²) in [4.78, 5) is 10.7. The molecule has 4 heteroatoms. The van der Waals surface area contributed by atoms with Gasteiger partial charge >= 0.3 is 0 Å². The molecule has 1 N–H and O–H groups in total. The monoisotopic (exact) mass is 205 g/mol. The minimum Gasteiger partial charge on any atom is -0.325 e. The van der Waals surface area contributed by atoms with Crippen LogP contribution in [0.4, 0.5) is 5.69 Å². The molecule has 1 aromatic rings. The fourth-order valence-corrected chi connectivity index (χ4v) is 0.783. The van der Waals surface area contributed by atoms with E-state index in [2.05, 4.69) is 5.32 Å². The fraction of sp³-hybridized carbons (Fsp3) is 0.125. The lowest BCUT2D eigenvalue weighted by atomic mass is 10.3. The van der Waals surface area contributed by atoms with Crippen molar-refractivity contribution in [3.63, 3.8) is 0 Å². The summed E-state index contributed by atoms with van der Waals surface area (Å²) >= 11 is 5.29. The summed E-state index contributed by atoms with van der Waals surface area (Å²) in [7, 11) is 0. The normalized spacial score (nSPS) is 8.42. The van der Waals surface area contributed by atoms with Crippen LogP contribution < -0.4 is 5.32 Å². The van der Waals surface area contributed by atoms with Crippen molar-refractivity contribution in [3.8, 4) is 0 Å². The van der Waals surface area contributed by atoms with Crippen molar-refractivity contribution in [2.75, 3.05) is 11.2 Å². The first-order valence-corrected chi connectivity index (χ1v) is 3.77. The molecular formula is C8H9Cl2NO. The van der Waals surface area contributed by atoms with Gasteiger partial charge in [0.05, 0.1) is 0 Å². The minimum atomic E-state index is -0.183. The third-order valence-electron chi connectivity index (χ3n) is 1.18. The molecule has 0 aromatic heterocycles. The first-order chi connectivity index (χ1) is 5.33. The van der Waals surface area contributed by atoms with Crippen LogP contribution in [0.15, 0.2) is 30.3 Å². The average molecular weight is 206 g/mol. The summed E-state index contributed by atoms with van der Waals surface area (Å²) in [6.07, 6.45) is 0. The second-order valence-corrected chi connectivity index (χ2v) is 2.32. The van der Waals surface area contributed by atoms with Gasteiger partial charge in [-0.1, -0.05) is 18.2 Å². The SMILES string of the molecule is Cl.O=C(CCl)Nc1ccccc1. The first kappa shape index (κ1) is 11.3. The molecule has 0 heterocycles. The number of halogens is 2. The van der Waals surface area contributed by atoms with Gasteiger partial charge in [-0.25, -0.2) is 0 Å². The number of hydrogen-bond donors (Lipinski definition) is 1. The number of para-hydroxylation sites is 1. The highest BCUT2D eigenvalue weighted by molar-refractivity contribution is 6.29. The number of carbonyl (C=O) groups excluding carboxylic acids is 1. The molecule has 0 saturated heterocycles. The van der Waals surface area contributed by atoms with Crippen LogP contribution in [0.25, 0.3) is 0 Å². The van der Waals surface area contributed by atoms with Gasteiger partial charge in [-0.2, -0.15) is 0 Å². The molecule has 1 aromatic carbocycles. The molecule has 0 fully saturated rings. The molecule has 0 bridgehead atoms. The fourth-order valence-electron chi connectivity index (χ4n) is 0.716. The smallest absolute Gasteiger partial charge is 0.239 e. The van der Waals surface area contributed by atoms with Crippen molar-refractivity contribution in [3.05, 3.63) is 30.3 Å². The van der Waals surface area contributed by atoms with Gasteiger partial charge in [-0.3, -0.25) is 4.79 Å². The molecule has 0 aliphatic rings. The van der Waals surface area contributed by atoms with Gasteiger partial charge in [0.1, 0.15) is 5.88 Å². The maximum absolute atomic E-state index is 10.7. The highest BCUT2D eigenvalue weighted by Gasteiger charge is 1.96. The summed E-state index contributed by atoms with van der Waals surface area (Å²) < 4.78 is 0. The molecule has 1 rings (SSSR count). The Kier molecular flexibility index (Phi) is 5.51. The first-order valence-electron chi connectivity index (χ1n) is 3.24. The molecule has 0 spiro atoms. The Labute approximate surface area is 82.3 Å². The molecule has 0 aliphatic heterocycles. The Morgan fingerprint density at radius 1 is 1.33 bits per heavy atom. The van der Waals surface area contributed by atoms with Crippen LogP contribution in [0.1, 0.15) is 0 Å². The van der Waals surface area contributed by atoms with Gasteiger partial charge in [0, 0.05) is 5.69 Å². The van der Waals surface area contributed by atoms with Crippen LogP contribution in [-0.2, 0) is 4.79 Å². The maximum Gasteiger partial charge on any atom is 0.239 e. The summed E-state index contributed by atoms with van der Waals surface area (Å²) in [5.74, 6) is -0.188. The van der Waals surface area contributed by atoms with E-state index >= 15 is 0 Å². The molecular weight excluding hydrogens is 197 g/mol. The summed E-state index contributed by atoms with van der Waals surface area (Å²) in [5.41, 5.74) is 0.776. The van der Waals surface area contributed by atoms with E-state index in [-0.39, 0.29) is 24.2 Å². The zero-order chi connectivity index (χ0) is 8.10. The van der Waals surface area contributed by atoms with Crippen LogP contribution in [0.3, 0.4) is 0 Å². The van der Waals surface area contributed by atoms with Crippen molar-refractivity contribution in [1.82, 2.24) is 0 Å². The van der Waals surface area contributed by atoms with E-state index in [1.807, 2.05) is 30.3 Å². The van der Waals surface area contributed by atoms with E-state index in [0.29, 0.717) is 0 Å². The summed E-state index contributed by atoms with van der Waals surface area (Å²) in [6, 6.07) is 9.21. The van der Waals surface area contributed by atoms with Crippen molar-refractivity contribution in [1.29, 1.82) is 0 Å². The number of amides is 1. The van der Waals surface area contributed by atoms with Gasteiger partial charge in [0.25, 0.3) is 0 Å². The zero-order valence-electron chi connectivity index (χ0n) is 6.29. The van der Waals surface area contributed by atoms with Gasteiger partial charge in [0.15, 0.2) is 0 Å². The molecule has 2 nitrogen and oxygen atoms in total. The third-order valence-corrected chi connectivity index (χ3v) is 1.42.